The summed E-state index contributed by atoms with van der Waals surface area (Å²) in [5.74, 6) is -2.15. The number of unbranched alkanes of at least 4 members (excludes halogenated alkanes) is 47. The van der Waals surface area contributed by atoms with Gasteiger partial charge in [0, 0.05) is 25.7 Å². The molecule has 0 rings (SSSR count). The van der Waals surface area contributed by atoms with Gasteiger partial charge in [0.15, 0.2) is 12.2 Å². The van der Waals surface area contributed by atoms with E-state index in [1.807, 2.05) is 0 Å². The quantitative estimate of drug-likeness (QED) is 0.0169. The SMILES string of the molecule is CCCCCC/C=C\CCCCCCCCCC(=O)OC[C@H](COP(=O)(O)OC[C@@H](O)COP(=O)(O)OC[C@@H](COC(=O)CCCCCCCCC/C=C\CCCCCC)OC(=O)CCCCCCCCCCCCCCCCC)OC(=O)CCCCCCC/C=C\CCCCCCCC. The first-order chi connectivity index (χ1) is 48.7. The van der Waals surface area contributed by atoms with E-state index in [-0.39, 0.29) is 25.7 Å². The molecule has 0 amide bonds. The molecule has 0 saturated heterocycles. The zero-order valence-corrected chi connectivity index (χ0v) is 66.2. The number of carbonyl (C=O) groups is 4. The molecule has 100 heavy (non-hydrogen) atoms. The lowest BCUT2D eigenvalue weighted by Gasteiger charge is -2.21. The number of rotatable bonds is 79. The van der Waals surface area contributed by atoms with Gasteiger partial charge >= 0.3 is 39.5 Å². The Morgan fingerprint density at radius 1 is 0.270 bits per heavy atom. The fraction of sp³-hybridized carbons (Fsp3) is 0.877. The van der Waals surface area contributed by atoms with Gasteiger partial charge in [0.25, 0.3) is 0 Å². The molecule has 0 fully saturated rings. The fourth-order valence-electron chi connectivity index (χ4n) is 11.7. The molecule has 0 aliphatic rings. The van der Waals surface area contributed by atoms with E-state index in [0.717, 1.165) is 141 Å². The third-order valence-electron chi connectivity index (χ3n) is 18.1. The predicted molar refractivity (Wildman–Crippen MR) is 409 cm³/mol. The van der Waals surface area contributed by atoms with Gasteiger partial charge in [0.1, 0.15) is 19.3 Å². The van der Waals surface area contributed by atoms with Gasteiger partial charge in [0.05, 0.1) is 26.4 Å². The third kappa shape index (κ3) is 73.6. The molecule has 0 aromatic carbocycles. The van der Waals surface area contributed by atoms with Crippen molar-refractivity contribution in [3.05, 3.63) is 36.5 Å². The molecule has 17 nitrogen and oxygen atoms in total. The van der Waals surface area contributed by atoms with Crippen molar-refractivity contribution in [2.24, 2.45) is 0 Å². The maximum Gasteiger partial charge on any atom is 0.472 e. The Morgan fingerprint density at radius 2 is 0.460 bits per heavy atom. The number of phosphoric ester groups is 2. The maximum atomic E-state index is 13.1. The zero-order chi connectivity index (χ0) is 73.2. The molecular weight excluding hydrogens is 1310 g/mol. The number of phosphoric acid groups is 2. The van der Waals surface area contributed by atoms with Gasteiger partial charge in [-0.25, -0.2) is 9.13 Å². The van der Waals surface area contributed by atoms with Crippen LogP contribution < -0.4 is 0 Å². The molecule has 0 saturated carbocycles. The minimum absolute atomic E-state index is 0.0909. The van der Waals surface area contributed by atoms with E-state index in [4.69, 9.17) is 37.0 Å². The molecule has 588 valence electrons. The number of ether oxygens (including phenoxy) is 4. The summed E-state index contributed by atoms with van der Waals surface area (Å²) in [6.45, 7) is 4.93. The molecule has 0 aliphatic heterocycles. The summed E-state index contributed by atoms with van der Waals surface area (Å²) < 4.78 is 68.7. The number of aliphatic hydroxyl groups is 1. The monoisotopic (exact) mass is 1460 g/mol. The summed E-state index contributed by atoms with van der Waals surface area (Å²) >= 11 is 0. The van der Waals surface area contributed by atoms with Crippen molar-refractivity contribution in [2.75, 3.05) is 39.6 Å². The Labute approximate surface area is 611 Å². The van der Waals surface area contributed by atoms with Crippen LogP contribution >= 0.6 is 15.6 Å². The maximum absolute atomic E-state index is 13.1. The standard InChI is InChI=1S/C81H152O17P2/c1-5-9-13-17-21-25-29-33-37-41-45-49-53-57-61-65-78(83)91-71-76(97-80(85)67-63-59-55-51-47-43-39-35-31-27-23-19-15-11-7-3)73-95-99(87,88)93-69-75(82)70-94-100(89,90)96-74-77(98-81(86)68-64-60-56-52-48-44-40-36-32-28-24-20-16-12-8-4)72-92-79(84)66-62-58-54-50-46-42-38-34-30-26-22-18-14-10-6-2/h25-26,29-30,35,39,75-77,82H,5-24,27-28,31-34,36-38,40-74H2,1-4H3,(H,87,88)(H,89,90)/b29-25-,30-26-,39-35-/t75-,76-,77-/m1/s1. The lowest BCUT2D eigenvalue weighted by Crippen LogP contribution is -2.30. The molecule has 19 heteroatoms. The van der Waals surface area contributed by atoms with Crippen molar-refractivity contribution in [2.45, 2.75) is 418 Å². The van der Waals surface area contributed by atoms with Gasteiger partial charge in [-0.05, 0) is 103 Å². The van der Waals surface area contributed by atoms with Crippen LogP contribution in [0.3, 0.4) is 0 Å². The Balaban J connectivity index is 5.32. The predicted octanol–water partition coefficient (Wildman–Crippen LogP) is 23.9. The van der Waals surface area contributed by atoms with Gasteiger partial charge in [-0.3, -0.25) is 37.3 Å². The highest BCUT2D eigenvalue weighted by Crippen LogP contribution is 2.45. The summed E-state index contributed by atoms with van der Waals surface area (Å²) in [5, 5.41) is 10.6. The summed E-state index contributed by atoms with van der Waals surface area (Å²) in [7, 11) is -9.94. The highest BCUT2D eigenvalue weighted by molar-refractivity contribution is 7.47. The van der Waals surface area contributed by atoms with E-state index in [0.29, 0.717) is 25.7 Å². The normalized spacial score (nSPS) is 14.0. The number of hydrogen-bond acceptors (Lipinski definition) is 15. The largest absolute Gasteiger partial charge is 0.472 e. The van der Waals surface area contributed by atoms with Crippen LogP contribution in [0.1, 0.15) is 400 Å². The fourth-order valence-corrected chi connectivity index (χ4v) is 13.3. The van der Waals surface area contributed by atoms with Crippen LogP contribution in [-0.2, 0) is 65.4 Å². The summed E-state index contributed by atoms with van der Waals surface area (Å²) in [6.07, 6.45) is 71.0. The molecule has 5 atom stereocenters. The number of carbonyl (C=O) groups excluding carboxylic acids is 4. The van der Waals surface area contributed by atoms with E-state index >= 15 is 0 Å². The number of allylic oxidation sites excluding steroid dienone is 6. The summed E-state index contributed by atoms with van der Waals surface area (Å²) in [6, 6.07) is 0. The van der Waals surface area contributed by atoms with E-state index < -0.39 is 97.5 Å². The molecule has 3 N–H and O–H groups in total. The van der Waals surface area contributed by atoms with Gasteiger partial charge in [-0.1, -0.05) is 308 Å². The highest BCUT2D eigenvalue weighted by atomic mass is 31.2. The molecule has 0 bridgehead atoms. The van der Waals surface area contributed by atoms with Crippen LogP contribution in [0, 0.1) is 0 Å². The Hall–Kier alpha value is -2.72. The summed E-state index contributed by atoms with van der Waals surface area (Å²) in [5.41, 5.74) is 0. The summed E-state index contributed by atoms with van der Waals surface area (Å²) in [4.78, 5) is 73.0. The van der Waals surface area contributed by atoms with Crippen molar-refractivity contribution in [3.8, 4) is 0 Å². The average Bonchev–Trinajstić information content (AvgIpc) is 1.01. The zero-order valence-electron chi connectivity index (χ0n) is 64.4. The average molecular weight is 1460 g/mol. The molecule has 0 heterocycles. The van der Waals surface area contributed by atoms with E-state index in [1.54, 1.807) is 0 Å². The van der Waals surface area contributed by atoms with Crippen molar-refractivity contribution in [1.82, 2.24) is 0 Å². The van der Waals surface area contributed by atoms with Crippen LogP contribution in [0.25, 0.3) is 0 Å². The van der Waals surface area contributed by atoms with Crippen molar-refractivity contribution < 1.29 is 80.2 Å². The molecule has 0 aromatic rings. The minimum atomic E-state index is -4.97. The number of aliphatic hydroxyl groups excluding tert-OH is 1. The first kappa shape index (κ1) is 97.3. The van der Waals surface area contributed by atoms with Crippen molar-refractivity contribution in [3.63, 3.8) is 0 Å². The van der Waals surface area contributed by atoms with Crippen molar-refractivity contribution >= 4 is 39.5 Å². The van der Waals surface area contributed by atoms with Crippen LogP contribution in [0.4, 0.5) is 0 Å². The minimum Gasteiger partial charge on any atom is -0.462 e. The first-order valence-electron chi connectivity index (χ1n) is 41.2. The smallest absolute Gasteiger partial charge is 0.462 e. The Kier molecular flexibility index (Phi) is 72.5. The topological polar surface area (TPSA) is 237 Å². The Morgan fingerprint density at radius 3 is 0.700 bits per heavy atom. The molecule has 2 unspecified atom stereocenters. The molecule has 0 aliphatic carbocycles. The van der Waals surface area contributed by atoms with Crippen LogP contribution in [0.15, 0.2) is 36.5 Å². The lowest BCUT2D eigenvalue weighted by atomic mass is 10.0. The third-order valence-corrected chi connectivity index (χ3v) is 20.0. The van der Waals surface area contributed by atoms with Crippen LogP contribution in [0.5, 0.6) is 0 Å². The van der Waals surface area contributed by atoms with E-state index in [2.05, 4.69) is 64.2 Å². The van der Waals surface area contributed by atoms with Gasteiger partial charge in [-0.15, -0.1) is 0 Å². The van der Waals surface area contributed by atoms with Crippen LogP contribution in [-0.4, -0.2) is 96.7 Å². The van der Waals surface area contributed by atoms with Gasteiger partial charge < -0.3 is 33.8 Å². The highest BCUT2D eigenvalue weighted by Gasteiger charge is 2.30. The first-order valence-corrected chi connectivity index (χ1v) is 44.2. The second kappa shape index (κ2) is 74.5. The van der Waals surface area contributed by atoms with E-state index in [9.17, 15) is 43.2 Å². The van der Waals surface area contributed by atoms with Crippen LogP contribution in [0.2, 0.25) is 0 Å². The molecule has 0 spiro atoms. The second-order valence-corrected chi connectivity index (χ2v) is 31.0. The van der Waals surface area contributed by atoms with Gasteiger partial charge in [0.2, 0.25) is 0 Å². The molecule has 0 aromatic heterocycles. The molecule has 0 radical (unpaired) electrons. The van der Waals surface area contributed by atoms with Crippen molar-refractivity contribution in [1.29, 1.82) is 0 Å². The number of hydrogen-bond donors (Lipinski definition) is 3. The van der Waals surface area contributed by atoms with Gasteiger partial charge in [-0.2, -0.15) is 0 Å². The lowest BCUT2D eigenvalue weighted by molar-refractivity contribution is -0.161. The molecular formula is C81H152O17P2. The Bertz CT molecular complexity index is 2040. The van der Waals surface area contributed by atoms with E-state index in [1.165, 1.54) is 180 Å². The number of esters is 4. The second-order valence-electron chi connectivity index (χ2n) is 28.1.